The third-order valence-corrected chi connectivity index (χ3v) is 6.71. The van der Waals surface area contributed by atoms with Crippen molar-refractivity contribution in [2.24, 2.45) is 0 Å². The van der Waals surface area contributed by atoms with Crippen LogP contribution in [0.3, 0.4) is 0 Å². The average molecular weight is 520 g/mol. The lowest BCUT2D eigenvalue weighted by molar-refractivity contribution is -0.137. The molecule has 0 N–H and O–H groups in total. The number of rotatable bonds is 8. The van der Waals surface area contributed by atoms with Gasteiger partial charge in [0.05, 0.1) is 30.9 Å². The molecule has 0 aliphatic carbocycles. The molecule has 0 atom stereocenters. The smallest absolute Gasteiger partial charge is 0.416 e. The van der Waals surface area contributed by atoms with E-state index in [9.17, 15) is 21.6 Å². The van der Waals surface area contributed by atoms with Gasteiger partial charge in [-0.2, -0.15) is 21.6 Å². The van der Waals surface area contributed by atoms with Crippen molar-refractivity contribution in [3.8, 4) is 28.4 Å². The maximum absolute atomic E-state index is 12.7. The van der Waals surface area contributed by atoms with Crippen molar-refractivity contribution >= 4 is 10.0 Å². The molecule has 0 amide bonds. The Labute approximate surface area is 204 Å². The average Bonchev–Trinajstić information content (AvgIpc) is 3.37. The minimum atomic E-state index is -4.57. The fraction of sp³-hybridized carbons (Fsp3) is 0.167. The van der Waals surface area contributed by atoms with Crippen LogP contribution < -0.4 is 14.2 Å². The zero-order valence-electron chi connectivity index (χ0n) is 19.1. The summed E-state index contributed by atoms with van der Waals surface area (Å²) in [6.45, 7) is -0.0745. The first-order chi connectivity index (χ1) is 17.1. The van der Waals surface area contributed by atoms with Crippen molar-refractivity contribution in [2.45, 2.75) is 17.7 Å². The summed E-state index contributed by atoms with van der Waals surface area (Å²) in [6.07, 6.45) is -3.43. The van der Waals surface area contributed by atoms with Crippen LogP contribution in [0.15, 0.2) is 77.8 Å². The van der Waals surface area contributed by atoms with E-state index < -0.39 is 21.8 Å². The summed E-state index contributed by atoms with van der Waals surface area (Å²) in [5.41, 5.74) is 1.04. The van der Waals surface area contributed by atoms with E-state index in [0.717, 1.165) is 29.5 Å². The maximum Gasteiger partial charge on any atom is 0.416 e. The molecule has 0 bridgehead atoms. The molecule has 0 saturated carbocycles. The van der Waals surface area contributed by atoms with Gasteiger partial charge >= 0.3 is 6.18 Å². The molecule has 3 aromatic carbocycles. The maximum atomic E-state index is 12.7. The van der Waals surface area contributed by atoms with E-state index in [2.05, 4.69) is 10.3 Å². The molecule has 4 rings (SSSR count). The number of methoxy groups -OCH3 is 2. The zero-order valence-corrected chi connectivity index (χ0v) is 19.9. The second-order valence-electron chi connectivity index (χ2n) is 7.52. The molecule has 12 heteroatoms. The first-order valence-electron chi connectivity index (χ1n) is 10.4. The fourth-order valence-electron chi connectivity index (χ4n) is 3.26. The van der Waals surface area contributed by atoms with E-state index in [0.29, 0.717) is 33.5 Å². The number of aromatic nitrogens is 3. The number of benzene rings is 3. The molecule has 0 radical (unpaired) electrons. The van der Waals surface area contributed by atoms with Gasteiger partial charge in [0.2, 0.25) is 0 Å². The highest BCUT2D eigenvalue weighted by molar-refractivity contribution is 7.89. The van der Waals surface area contributed by atoms with Crippen LogP contribution in [0, 0.1) is 0 Å². The minimum Gasteiger partial charge on any atom is -0.497 e. The number of alkyl halides is 3. The van der Waals surface area contributed by atoms with Crippen LogP contribution in [0.1, 0.15) is 11.3 Å². The summed E-state index contributed by atoms with van der Waals surface area (Å²) in [6, 6.07) is 15.8. The van der Waals surface area contributed by atoms with Gasteiger partial charge in [0.1, 0.15) is 29.5 Å². The van der Waals surface area contributed by atoms with Crippen LogP contribution in [0.2, 0.25) is 0 Å². The van der Waals surface area contributed by atoms with Gasteiger partial charge in [0.25, 0.3) is 10.0 Å². The highest BCUT2D eigenvalue weighted by atomic mass is 32.2. The lowest BCUT2D eigenvalue weighted by Crippen LogP contribution is -2.14. The Hall–Kier alpha value is -4.06. The predicted molar refractivity (Wildman–Crippen MR) is 123 cm³/mol. The van der Waals surface area contributed by atoms with Gasteiger partial charge in [-0.05, 0) is 59.7 Å². The first-order valence-corrected chi connectivity index (χ1v) is 11.8. The molecule has 188 valence electrons. The quantitative estimate of drug-likeness (QED) is 0.330. The molecule has 1 heterocycles. The third-order valence-electron chi connectivity index (χ3n) is 5.17. The Morgan fingerprint density at radius 1 is 0.833 bits per heavy atom. The summed E-state index contributed by atoms with van der Waals surface area (Å²) in [7, 11) is -1.07. The van der Waals surface area contributed by atoms with E-state index in [1.807, 2.05) is 24.3 Å². The minimum absolute atomic E-state index is 0.0745. The molecule has 8 nitrogen and oxygen atoms in total. The summed E-state index contributed by atoms with van der Waals surface area (Å²) in [4.78, 5) is -0.349. The lowest BCUT2D eigenvalue weighted by Gasteiger charge is -2.10. The molecular formula is C24H20F3N3O5S. The van der Waals surface area contributed by atoms with Crippen molar-refractivity contribution in [1.29, 1.82) is 0 Å². The Bertz CT molecular complexity index is 1430. The molecule has 0 spiro atoms. The number of hydrogen-bond acceptors (Lipinski definition) is 7. The summed E-state index contributed by atoms with van der Waals surface area (Å²) >= 11 is 0. The Kier molecular flexibility index (Phi) is 6.88. The molecular weight excluding hydrogens is 499 g/mol. The number of nitrogens with zero attached hydrogens (tertiary/aromatic N) is 3. The van der Waals surface area contributed by atoms with Gasteiger partial charge in [-0.1, -0.05) is 17.3 Å². The summed E-state index contributed by atoms with van der Waals surface area (Å²) in [5.74, 6) is 1.81. The molecule has 0 aliphatic heterocycles. The van der Waals surface area contributed by atoms with E-state index in [-0.39, 0.29) is 17.2 Å². The topological polar surface area (TPSA) is 92.5 Å². The van der Waals surface area contributed by atoms with Gasteiger partial charge in [-0.3, -0.25) is 0 Å². The van der Waals surface area contributed by atoms with Crippen molar-refractivity contribution in [3.63, 3.8) is 0 Å². The van der Waals surface area contributed by atoms with Crippen molar-refractivity contribution in [2.75, 3.05) is 14.2 Å². The molecule has 1 aromatic heterocycles. The van der Waals surface area contributed by atoms with Crippen molar-refractivity contribution in [1.82, 2.24) is 14.4 Å². The standard InChI is InChI=1S/C24H20F3N3O5S/c1-33-21-11-17(12-22(13-21)34-2)16-3-7-20(8-4-16)35-15-19-14-30(29-28-19)36(31,32)23-9-5-18(6-10-23)24(25,26)27/h3-14H,15H2,1-2H3. The lowest BCUT2D eigenvalue weighted by atomic mass is 10.0. The second kappa shape index (κ2) is 9.90. The first kappa shape index (κ1) is 25.0. The van der Waals surface area contributed by atoms with E-state index in [4.69, 9.17) is 14.2 Å². The Morgan fingerprint density at radius 2 is 1.44 bits per heavy atom. The normalized spacial score (nSPS) is 11.8. The largest absolute Gasteiger partial charge is 0.497 e. The summed E-state index contributed by atoms with van der Waals surface area (Å²) < 4.78 is 80.4. The molecule has 0 fully saturated rings. The zero-order chi connectivity index (χ0) is 25.9. The molecule has 36 heavy (non-hydrogen) atoms. The number of hydrogen-bond donors (Lipinski definition) is 0. The summed E-state index contributed by atoms with van der Waals surface area (Å²) in [5, 5.41) is 7.37. The molecule has 0 unspecified atom stereocenters. The SMILES string of the molecule is COc1cc(OC)cc(-c2ccc(OCc3cn(S(=O)(=O)c4ccc(C(F)(F)F)cc4)nn3)cc2)c1. The monoisotopic (exact) mass is 519 g/mol. The molecule has 0 saturated heterocycles. The van der Waals surface area contributed by atoms with Crippen molar-refractivity contribution < 1.29 is 35.8 Å². The van der Waals surface area contributed by atoms with Gasteiger partial charge in [0.15, 0.2) is 0 Å². The Morgan fingerprint density at radius 3 is 2.00 bits per heavy atom. The predicted octanol–water partition coefficient (Wildman–Crippen LogP) is 4.80. The van der Waals surface area contributed by atoms with Crippen LogP contribution in [0.4, 0.5) is 13.2 Å². The third kappa shape index (κ3) is 5.43. The van der Waals surface area contributed by atoms with Crippen LogP contribution in [0.5, 0.6) is 17.2 Å². The van der Waals surface area contributed by atoms with Crippen LogP contribution >= 0.6 is 0 Å². The van der Waals surface area contributed by atoms with Crippen LogP contribution in [-0.2, 0) is 22.8 Å². The van der Waals surface area contributed by atoms with Crippen LogP contribution in [-0.4, -0.2) is 37.0 Å². The van der Waals surface area contributed by atoms with Gasteiger partial charge in [-0.15, -0.1) is 9.19 Å². The van der Waals surface area contributed by atoms with E-state index in [1.165, 1.54) is 0 Å². The Balaban J connectivity index is 1.44. The van der Waals surface area contributed by atoms with Crippen LogP contribution in [0.25, 0.3) is 11.1 Å². The number of ether oxygens (including phenoxy) is 3. The molecule has 0 aliphatic rings. The number of halogens is 3. The van der Waals surface area contributed by atoms with Gasteiger partial charge in [0, 0.05) is 6.07 Å². The van der Waals surface area contributed by atoms with Gasteiger partial charge < -0.3 is 14.2 Å². The fourth-order valence-corrected chi connectivity index (χ4v) is 4.35. The molecule has 4 aromatic rings. The highest BCUT2D eigenvalue weighted by Gasteiger charge is 2.31. The highest BCUT2D eigenvalue weighted by Crippen LogP contribution is 2.31. The van der Waals surface area contributed by atoms with Crippen molar-refractivity contribution in [3.05, 3.63) is 84.2 Å². The van der Waals surface area contributed by atoms with E-state index in [1.54, 1.807) is 32.4 Å². The second-order valence-corrected chi connectivity index (χ2v) is 9.32. The van der Waals surface area contributed by atoms with Gasteiger partial charge in [-0.25, -0.2) is 0 Å². The van der Waals surface area contributed by atoms with E-state index >= 15 is 0 Å².